The molecule has 2 N–H and O–H groups in total. The number of carbonyl (C=O) groups excluding carboxylic acids is 1. The van der Waals surface area contributed by atoms with E-state index in [1.165, 1.54) is 4.90 Å². The van der Waals surface area contributed by atoms with Crippen LogP contribution < -0.4 is 15.5 Å². The molecular weight excluding hydrogens is 419 g/mol. The van der Waals surface area contributed by atoms with E-state index in [-0.39, 0.29) is 5.91 Å². The van der Waals surface area contributed by atoms with Crippen LogP contribution in [0.2, 0.25) is 0 Å². The summed E-state index contributed by atoms with van der Waals surface area (Å²) in [6, 6.07) is 12.1. The number of nitrogens with two attached hydrogens (primary N) is 1. The van der Waals surface area contributed by atoms with Crippen molar-refractivity contribution >= 4 is 13.6 Å². The highest BCUT2D eigenvalue weighted by molar-refractivity contribution is 7.54. The molecule has 1 atom stereocenters. The molecule has 0 spiro atoms. The summed E-state index contributed by atoms with van der Waals surface area (Å²) in [5.41, 5.74) is 1.28. The van der Waals surface area contributed by atoms with E-state index in [1.54, 1.807) is 56.6 Å². The van der Waals surface area contributed by atoms with E-state index in [0.717, 1.165) is 31.7 Å². The largest absolute Gasteiger partial charge is 0.453 e. The maximum atomic E-state index is 13.3. The second-order valence-electron chi connectivity index (χ2n) is 7.80. The Hall–Kier alpha value is -2.42. The number of ether oxygens (including phenoxy) is 1. The highest BCUT2D eigenvalue weighted by Gasteiger charge is 2.50. The molecule has 0 bridgehead atoms. The van der Waals surface area contributed by atoms with E-state index in [9.17, 15) is 9.36 Å². The molecule has 0 unspecified atom stereocenters. The van der Waals surface area contributed by atoms with Crippen LogP contribution in [0.1, 0.15) is 28.9 Å². The average Bonchev–Trinajstić information content (AvgIpc) is 3.65. The first-order valence-electron chi connectivity index (χ1n) is 10.1. The van der Waals surface area contributed by atoms with Crippen LogP contribution in [0.5, 0.6) is 17.2 Å². The molecule has 2 aliphatic heterocycles. The second-order valence-corrected chi connectivity index (χ2v) is 10.1. The Morgan fingerprint density at radius 1 is 1.06 bits per heavy atom. The summed E-state index contributed by atoms with van der Waals surface area (Å²) in [5.74, 6) is 6.46. The first-order chi connectivity index (χ1) is 14.8. The van der Waals surface area contributed by atoms with Crippen molar-refractivity contribution in [1.29, 1.82) is 0 Å². The lowest BCUT2D eigenvalue weighted by Gasteiger charge is -2.24. The van der Waals surface area contributed by atoms with E-state index >= 15 is 0 Å². The monoisotopic (exact) mass is 446 g/mol. The van der Waals surface area contributed by atoms with Crippen LogP contribution >= 0.6 is 7.67 Å². The highest BCUT2D eigenvalue weighted by Crippen LogP contribution is 2.63. The second kappa shape index (κ2) is 8.61. The topological polar surface area (TPSA) is 97.1 Å². The van der Waals surface area contributed by atoms with Crippen LogP contribution in [0.3, 0.4) is 0 Å². The fraction of sp³-hybridized carbons (Fsp3) is 0.381. The lowest BCUT2D eigenvalue weighted by molar-refractivity contribution is 0.0827. The van der Waals surface area contributed by atoms with Crippen molar-refractivity contribution in [3.63, 3.8) is 0 Å². The Kier molecular flexibility index (Phi) is 6.05. The summed E-state index contributed by atoms with van der Waals surface area (Å²) in [4.78, 5) is 18.7. The number of benzene rings is 2. The molecule has 9 nitrogen and oxygen atoms in total. The van der Waals surface area contributed by atoms with Gasteiger partial charge in [0.15, 0.2) is 11.5 Å². The molecule has 0 radical (unpaired) electrons. The minimum Gasteiger partial charge on any atom is -0.453 e. The van der Waals surface area contributed by atoms with Gasteiger partial charge in [0, 0.05) is 45.8 Å². The van der Waals surface area contributed by atoms with Gasteiger partial charge in [0.25, 0.3) is 5.91 Å². The number of hydrogen-bond acceptors (Lipinski definition) is 6. The summed E-state index contributed by atoms with van der Waals surface area (Å²) < 4.78 is 29.1. The van der Waals surface area contributed by atoms with Crippen molar-refractivity contribution in [3.8, 4) is 17.2 Å². The molecule has 2 aromatic carbocycles. The maximum absolute atomic E-state index is 13.3. The van der Waals surface area contributed by atoms with Crippen molar-refractivity contribution in [2.45, 2.75) is 13.0 Å². The van der Waals surface area contributed by atoms with Gasteiger partial charge in [-0.2, -0.15) is 5.90 Å². The number of nitrogens with zero attached hydrogens (tertiary/aromatic N) is 3. The van der Waals surface area contributed by atoms with Gasteiger partial charge in [-0.3, -0.25) is 13.9 Å². The smallest absolute Gasteiger partial charge is 0.346 e. The number of rotatable bonds is 9. The number of amides is 1. The van der Waals surface area contributed by atoms with Crippen LogP contribution in [0.25, 0.3) is 0 Å². The molecule has 2 fully saturated rings. The van der Waals surface area contributed by atoms with Gasteiger partial charge in [-0.25, -0.2) is 9.34 Å². The Morgan fingerprint density at radius 2 is 1.74 bits per heavy atom. The van der Waals surface area contributed by atoms with Crippen molar-refractivity contribution < 1.29 is 23.5 Å². The van der Waals surface area contributed by atoms with Gasteiger partial charge >= 0.3 is 7.67 Å². The Morgan fingerprint density at radius 3 is 2.32 bits per heavy atom. The van der Waals surface area contributed by atoms with Crippen molar-refractivity contribution in [1.82, 2.24) is 14.2 Å². The predicted molar refractivity (Wildman–Crippen MR) is 116 cm³/mol. The van der Waals surface area contributed by atoms with E-state index < -0.39 is 13.8 Å². The molecular formula is C21H27N4O5P. The Balaban J connectivity index is 1.56. The molecule has 2 aliphatic rings. The predicted octanol–water partition coefficient (Wildman–Crippen LogP) is 3.25. The van der Waals surface area contributed by atoms with Crippen molar-refractivity contribution in [2.24, 2.45) is 5.90 Å². The molecule has 0 aliphatic carbocycles. The summed E-state index contributed by atoms with van der Waals surface area (Å²) in [6.45, 7) is 5.01. The van der Waals surface area contributed by atoms with Crippen LogP contribution in [-0.2, 0) is 9.09 Å². The van der Waals surface area contributed by atoms with Gasteiger partial charge in [-0.1, -0.05) is 12.1 Å². The van der Waals surface area contributed by atoms with Gasteiger partial charge in [-0.15, -0.1) is 0 Å². The summed E-state index contributed by atoms with van der Waals surface area (Å²) >= 11 is 0. The van der Waals surface area contributed by atoms with Gasteiger partial charge < -0.3 is 14.5 Å². The van der Waals surface area contributed by atoms with Gasteiger partial charge in [0.1, 0.15) is 5.75 Å². The normalized spacial score (nSPS) is 17.2. The molecule has 166 valence electrons. The third-order valence-electron chi connectivity index (χ3n) is 5.14. The highest BCUT2D eigenvalue weighted by atomic mass is 31.2. The van der Waals surface area contributed by atoms with Crippen molar-refractivity contribution in [2.75, 3.05) is 40.3 Å². The van der Waals surface area contributed by atoms with Crippen LogP contribution in [0.15, 0.2) is 42.5 Å². The van der Waals surface area contributed by atoms with Crippen LogP contribution in [-0.4, -0.2) is 60.4 Å². The quantitative estimate of drug-likeness (QED) is 0.356. The van der Waals surface area contributed by atoms with E-state index in [0.29, 0.717) is 22.8 Å². The average molecular weight is 446 g/mol. The molecule has 2 heterocycles. The fourth-order valence-electron chi connectivity index (χ4n) is 3.21. The van der Waals surface area contributed by atoms with E-state index in [2.05, 4.69) is 0 Å². The number of hydrogen-bond donors (Lipinski definition) is 1. The van der Waals surface area contributed by atoms with E-state index in [1.807, 2.05) is 16.3 Å². The maximum Gasteiger partial charge on any atom is 0.346 e. The molecule has 2 aromatic rings. The Bertz CT molecular complexity index is 1010. The fourth-order valence-corrected chi connectivity index (χ4v) is 5.55. The van der Waals surface area contributed by atoms with E-state index in [4.69, 9.17) is 20.0 Å². The summed E-state index contributed by atoms with van der Waals surface area (Å²) in [5, 5.41) is 0. The van der Waals surface area contributed by atoms with Crippen LogP contribution in [0, 0.1) is 0 Å². The molecule has 4 rings (SSSR count). The van der Waals surface area contributed by atoms with Crippen LogP contribution in [0.4, 0.5) is 0 Å². The minimum absolute atomic E-state index is 0.127. The van der Waals surface area contributed by atoms with Gasteiger partial charge in [-0.05, 0) is 42.8 Å². The molecule has 10 heteroatoms. The summed E-state index contributed by atoms with van der Waals surface area (Å²) in [6.07, 6.45) is -0.428. The first-order valence-corrected chi connectivity index (χ1v) is 11.6. The molecule has 0 saturated carbocycles. The van der Waals surface area contributed by atoms with Gasteiger partial charge in [0.2, 0.25) is 0 Å². The minimum atomic E-state index is -2.96. The SMILES string of the molecule is C[C@H](OP(=O)(N1CC1)N1CC1)c1ccc(ON)c(Oc2cccc(C(=O)N(C)C)c2)c1. The zero-order valence-electron chi connectivity index (χ0n) is 17.9. The first kappa shape index (κ1) is 21.8. The zero-order chi connectivity index (χ0) is 22.2. The third-order valence-corrected chi connectivity index (χ3v) is 7.96. The zero-order valence-corrected chi connectivity index (χ0v) is 18.7. The van der Waals surface area contributed by atoms with Gasteiger partial charge in [0.05, 0.1) is 6.10 Å². The molecule has 2 saturated heterocycles. The number of carbonyl (C=O) groups is 1. The molecule has 31 heavy (non-hydrogen) atoms. The lowest BCUT2D eigenvalue weighted by Crippen LogP contribution is -2.21. The standard InChI is InChI=1S/C21H27N4O5P/c1-15(30-31(27,24-9-10-24)25-11-12-25)16-7-8-19(29-22)20(14-16)28-18-6-4-5-17(13-18)21(26)23(2)3/h4-8,13-15H,9-12,22H2,1-3H3/t15-/m0/s1. The summed E-state index contributed by atoms with van der Waals surface area (Å²) in [7, 11) is 0.419. The Labute approximate surface area is 181 Å². The third kappa shape index (κ3) is 4.76. The molecule has 1 amide bonds. The molecule has 0 aromatic heterocycles. The van der Waals surface area contributed by atoms with Crippen molar-refractivity contribution in [3.05, 3.63) is 53.6 Å². The lowest BCUT2D eigenvalue weighted by atomic mass is 10.1.